The predicted octanol–water partition coefficient (Wildman–Crippen LogP) is 2.93. The molecule has 1 fully saturated rings. The number of aliphatic hydroxyl groups is 1. The van der Waals surface area contributed by atoms with E-state index in [2.05, 4.69) is 11.0 Å². The maximum absolute atomic E-state index is 13.0. The molecule has 0 saturated carbocycles. The van der Waals surface area contributed by atoms with Crippen LogP contribution < -0.4 is 4.74 Å². The zero-order valence-electron chi connectivity index (χ0n) is 16.6. The fraction of sp³-hybridized carbons (Fsp3) is 0.435. The van der Waals surface area contributed by atoms with Crippen LogP contribution in [0.25, 0.3) is 0 Å². The number of nitrogens with zero attached hydrogens (tertiary/aromatic N) is 2. The molecular formula is C23H30N2O3. The van der Waals surface area contributed by atoms with E-state index in [4.69, 9.17) is 4.74 Å². The summed E-state index contributed by atoms with van der Waals surface area (Å²) in [7, 11) is 1.70. The molecule has 150 valence electrons. The Morgan fingerprint density at radius 3 is 2.46 bits per heavy atom. The van der Waals surface area contributed by atoms with Gasteiger partial charge >= 0.3 is 0 Å². The number of rotatable bonds is 8. The van der Waals surface area contributed by atoms with Gasteiger partial charge in [0.05, 0.1) is 13.7 Å². The zero-order chi connectivity index (χ0) is 19.8. The lowest BCUT2D eigenvalue weighted by Gasteiger charge is -2.34. The summed E-state index contributed by atoms with van der Waals surface area (Å²) < 4.78 is 5.45. The van der Waals surface area contributed by atoms with E-state index in [0.717, 1.165) is 43.8 Å². The second-order valence-electron chi connectivity index (χ2n) is 7.33. The summed E-state index contributed by atoms with van der Waals surface area (Å²) in [6, 6.07) is 18.1. The van der Waals surface area contributed by atoms with Crippen LogP contribution in [0.3, 0.4) is 0 Å². The summed E-state index contributed by atoms with van der Waals surface area (Å²) in [5, 5.41) is 9.40. The summed E-state index contributed by atoms with van der Waals surface area (Å²) in [5.74, 6) is 1.11. The minimum absolute atomic E-state index is 0.00871. The van der Waals surface area contributed by atoms with Gasteiger partial charge in [-0.2, -0.15) is 0 Å². The number of hydrogen-bond acceptors (Lipinski definition) is 4. The van der Waals surface area contributed by atoms with E-state index >= 15 is 0 Å². The van der Waals surface area contributed by atoms with E-state index in [-0.39, 0.29) is 18.4 Å². The first-order valence-corrected chi connectivity index (χ1v) is 9.99. The Labute approximate surface area is 167 Å². The Morgan fingerprint density at radius 1 is 1.11 bits per heavy atom. The fourth-order valence-corrected chi connectivity index (χ4v) is 3.86. The predicted molar refractivity (Wildman–Crippen MR) is 110 cm³/mol. The zero-order valence-corrected chi connectivity index (χ0v) is 16.6. The second-order valence-corrected chi connectivity index (χ2v) is 7.33. The number of benzene rings is 2. The lowest BCUT2D eigenvalue weighted by molar-refractivity contribution is -0.138. The maximum Gasteiger partial charge on any atom is 0.226 e. The molecule has 0 aromatic heterocycles. The van der Waals surface area contributed by atoms with E-state index in [1.54, 1.807) is 12.0 Å². The number of carbonyl (C=O) groups excluding carboxylic acids is 1. The maximum atomic E-state index is 13.0. The first kappa shape index (κ1) is 20.4. The van der Waals surface area contributed by atoms with Crippen LogP contribution in [0.2, 0.25) is 0 Å². The molecule has 1 heterocycles. The molecule has 1 amide bonds. The monoisotopic (exact) mass is 382 g/mol. The van der Waals surface area contributed by atoms with Gasteiger partial charge < -0.3 is 14.7 Å². The van der Waals surface area contributed by atoms with Crippen molar-refractivity contribution in [3.63, 3.8) is 0 Å². The number of carbonyl (C=O) groups is 1. The van der Waals surface area contributed by atoms with Gasteiger partial charge in [-0.25, -0.2) is 0 Å². The van der Waals surface area contributed by atoms with Crippen molar-refractivity contribution in [1.82, 2.24) is 9.80 Å². The van der Waals surface area contributed by atoms with E-state index in [1.807, 2.05) is 48.5 Å². The summed E-state index contributed by atoms with van der Waals surface area (Å²) in [5.41, 5.74) is 2.28. The summed E-state index contributed by atoms with van der Waals surface area (Å²) >= 11 is 0. The van der Waals surface area contributed by atoms with Crippen molar-refractivity contribution in [2.24, 2.45) is 5.92 Å². The van der Waals surface area contributed by atoms with Crippen molar-refractivity contribution in [2.45, 2.75) is 25.9 Å². The number of ether oxygens (including phenoxy) is 1. The Hall–Kier alpha value is -2.37. The third kappa shape index (κ3) is 5.33. The Bertz CT molecular complexity index is 743. The van der Waals surface area contributed by atoms with E-state index in [9.17, 15) is 9.90 Å². The number of likely N-dealkylation sites (tertiary alicyclic amines) is 1. The molecule has 5 nitrogen and oxygen atoms in total. The third-order valence-electron chi connectivity index (χ3n) is 5.42. The highest BCUT2D eigenvalue weighted by atomic mass is 16.5. The van der Waals surface area contributed by atoms with Gasteiger partial charge in [0.1, 0.15) is 5.75 Å². The molecule has 0 radical (unpaired) electrons. The van der Waals surface area contributed by atoms with Gasteiger partial charge in [-0.3, -0.25) is 9.69 Å². The van der Waals surface area contributed by atoms with Crippen LogP contribution in [0, 0.1) is 5.92 Å². The van der Waals surface area contributed by atoms with Gasteiger partial charge in [-0.1, -0.05) is 48.5 Å². The Morgan fingerprint density at radius 2 is 1.79 bits per heavy atom. The first-order chi connectivity index (χ1) is 13.7. The van der Waals surface area contributed by atoms with Crippen molar-refractivity contribution >= 4 is 5.91 Å². The number of para-hydroxylation sites is 1. The van der Waals surface area contributed by atoms with Crippen molar-refractivity contribution in [1.29, 1.82) is 0 Å². The van der Waals surface area contributed by atoms with Crippen LogP contribution in [0.4, 0.5) is 0 Å². The number of methoxy groups -OCH3 is 1. The third-order valence-corrected chi connectivity index (χ3v) is 5.42. The molecule has 0 unspecified atom stereocenters. The van der Waals surface area contributed by atoms with E-state index < -0.39 is 0 Å². The number of hydrogen-bond donors (Lipinski definition) is 1. The lowest BCUT2D eigenvalue weighted by atomic mass is 9.94. The number of piperidine rings is 1. The average molecular weight is 383 g/mol. The molecule has 1 saturated heterocycles. The molecule has 1 N–H and O–H groups in total. The molecule has 0 bridgehead atoms. The van der Waals surface area contributed by atoms with Gasteiger partial charge in [-0.15, -0.1) is 0 Å². The van der Waals surface area contributed by atoms with Crippen molar-refractivity contribution in [3.8, 4) is 5.75 Å². The molecule has 28 heavy (non-hydrogen) atoms. The number of amides is 1. The SMILES string of the molecule is COc1ccccc1CN1CCC(C(=O)N(CCO)Cc2ccccc2)CC1. The van der Waals surface area contributed by atoms with Crippen molar-refractivity contribution in [3.05, 3.63) is 65.7 Å². The molecule has 5 heteroatoms. The van der Waals surface area contributed by atoms with Gasteiger partial charge in [0.25, 0.3) is 0 Å². The summed E-state index contributed by atoms with van der Waals surface area (Å²) in [6.45, 7) is 3.57. The van der Waals surface area contributed by atoms with E-state index in [1.165, 1.54) is 5.56 Å². The molecule has 3 rings (SSSR count). The average Bonchev–Trinajstić information content (AvgIpc) is 2.74. The van der Waals surface area contributed by atoms with Crippen LogP contribution in [0.1, 0.15) is 24.0 Å². The quantitative estimate of drug-likeness (QED) is 0.763. The van der Waals surface area contributed by atoms with Gasteiger partial charge in [0, 0.05) is 31.1 Å². The fourth-order valence-electron chi connectivity index (χ4n) is 3.86. The minimum atomic E-state index is -0.00871. The second kappa shape index (κ2) is 10.2. The standard InChI is InChI=1S/C23H30N2O3/c1-28-22-10-6-5-9-21(22)18-24-13-11-20(12-14-24)23(27)25(15-16-26)17-19-7-3-2-4-8-19/h2-10,20,26H,11-18H2,1H3. The molecule has 1 aliphatic heterocycles. The van der Waals surface area contributed by atoms with Crippen LogP contribution in [0.5, 0.6) is 5.75 Å². The molecule has 2 aromatic rings. The van der Waals surface area contributed by atoms with Crippen LogP contribution in [0.15, 0.2) is 54.6 Å². The Balaban J connectivity index is 1.55. The molecular weight excluding hydrogens is 352 g/mol. The van der Waals surface area contributed by atoms with Crippen molar-refractivity contribution < 1.29 is 14.6 Å². The summed E-state index contributed by atoms with van der Waals surface area (Å²) in [6.07, 6.45) is 1.70. The number of aliphatic hydroxyl groups excluding tert-OH is 1. The normalized spacial score (nSPS) is 15.4. The minimum Gasteiger partial charge on any atom is -0.496 e. The highest BCUT2D eigenvalue weighted by molar-refractivity contribution is 5.79. The largest absolute Gasteiger partial charge is 0.496 e. The lowest BCUT2D eigenvalue weighted by Crippen LogP contribution is -2.43. The van der Waals surface area contributed by atoms with Gasteiger partial charge in [0.15, 0.2) is 0 Å². The first-order valence-electron chi connectivity index (χ1n) is 9.99. The molecule has 2 aromatic carbocycles. The highest BCUT2D eigenvalue weighted by Gasteiger charge is 2.28. The smallest absolute Gasteiger partial charge is 0.226 e. The van der Waals surface area contributed by atoms with Crippen LogP contribution >= 0.6 is 0 Å². The topological polar surface area (TPSA) is 53.0 Å². The molecule has 0 spiro atoms. The van der Waals surface area contributed by atoms with Crippen LogP contribution in [-0.4, -0.2) is 54.2 Å². The Kier molecular flexibility index (Phi) is 7.46. The summed E-state index contributed by atoms with van der Waals surface area (Å²) in [4.78, 5) is 17.2. The highest BCUT2D eigenvalue weighted by Crippen LogP contribution is 2.25. The van der Waals surface area contributed by atoms with Crippen molar-refractivity contribution in [2.75, 3.05) is 33.4 Å². The van der Waals surface area contributed by atoms with E-state index in [0.29, 0.717) is 13.1 Å². The molecule has 0 atom stereocenters. The van der Waals surface area contributed by atoms with Gasteiger partial charge in [0.2, 0.25) is 5.91 Å². The molecule has 0 aliphatic carbocycles. The van der Waals surface area contributed by atoms with Gasteiger partial charge in [-0.05, 0) is 37.6 Å². The molecule has 1 aliphatic rings. The van der Waals surface area contributed by atoms with Crippen LogP contribution in [-0.2, 0) is 17.9 Å².